The van der Waals surface area contributed by atoms with Crippen molar-refractivity contribution < 1.29 is 4.74 Å². The van der Waals surface area contributed by atoms with Gasteiger partial charge in [0.25, 0.3) is 0 Å². The van der Waals surface area contributed by atoms with E-state index in [1.807, 2.05) is 0 Å². The van der Waals surface area contributed by atoms with E-state index in [0.717, 1.165) is 61.3 Å². The Labute approximate surface area is 306 Å². The van der Waals surface area contributed by atoms with Crippen LogP contribution in [0.2, 0.25) is 0 Å². The molecule has 0 N–H and O–H groups in total. The van der Waals surface area contributed by atoms with Gasteiger partial charge in [-0.05, 0) is 74.5 Å². The average molecular weight is 675 g/mol. The van der Waals surface area contributed by atoms with Gasteiger partial charge in [-0.2, -0.15) is 0 Å². The number of ether oxygens (including phenoxy) is 1. The summed E-state index contributed by atoms with van der Waals surface area (Å²) >= 11 is 0. The number of hydrogen-bond acceptors (Lipinski definition) is 2. The van der Waals surface area contributed by atoms with E-state index in [1.54, 1.807) is 0 Å². The second-order valence-electron chi connectivity index (χ2n) is 14.2. The lowest BCUT2D eigenvalue weighted by Gasteiger charge is -2.39. The maximum atomic E-state index is 7.24. The summed E-state index contributed by atoms with van der Waals surface area (Å²) < 4.78 is 9.59. The first-order chi connectivity index (χ1) is 26.3. The fraction of sp³-hybridized carbons (Fsp3) is 0.0200. The van der Waals surface area contributed by atoms with Crippen molar-refractivity contribution in [1.82, 2.24) is 9.55 Å². The third-order valence-corrected chi connectivity index (χ3v) is 11.7. The van der Waals surface area contributed by atoms with Gasteiger partial charge in [0.2, 0.25) is 0 Å². The largest absolute Gasteiger partial charge is 0.456 e. The quantitative estimate of drug-likeness (QED) is 0.182. The van der Waals surface area contributed by atoms with Crippen LogP contribution in [0.25, 0.3) is 71.6 Å². The first-order valence-corrected chi connectivity index (χ1v) is 18.2. The molecule has 0 saturated carbocycles. The van der Waals surface area contributed by atoms with Crippen LogP contribution in [0.1, 0.15) is 22.3 Å². The number of benzene rings is 8. The van der Waals surface area contributed by atoms with Crippen LogP contribution in [0.15, 0.2) is 182 Å². The molecule has 3 heteroatoms. The lowest BCUT2D eigenvalue weighted by atomic mass is 9.66. The molecule has 0 atom stereocenters. The predicted molar refractivity (Wildman–Crippen MR) is 216 cm³/mol. The normalized spacial score (nSPS) is 13.6. The fourth-order valence-electron chi connectivity index (χ4n) is 9.56. The minimum Gasteiger partial charge on any atom is -0.456 e. The summed E-state index contributed by atoms with van der Waals surface area (Å²) in [7, 11) is 0. The number of aromatic nitrogens is 2. The van der Waals surface area contributed by atoms with E-state index >= 15 is 0 Å². The summed E-state index contributed by atoms with van der Waals surface area (Å²) in [5.74, 6) is 2.66. The molecule has 0 bridgehead atoms. The molecule has 246 valence electrons. The Morgan fingerprint density at radius 1 is 0.453 bits per heavy atom. The van der Waals surface area contributed by atoms with Gasteiger partial charge in [-0.1, -0.05) is 152 Å². The molecule has 0 fully saturated rings. The van der Waals surface area contributed by atoms with Gasteiger partial charge in [0.15, 0.2) is 0 Å². The molecule has 3 nitrogen and oxygen atoms in total. The number of hydrogen-bond donors (Lipinski definition) is 0. The van der Waals surface area contributed by atoms with Crippen molar-refractivity contribution in [3.63, 3.8) is 0 Å². The first-order valence-electron chi connectivity index (χ1n) is 18.2. The van der Waals surface area contributed by atoms with Gasteiger partial charge in [-0.3, -0.25) is 4.57 Å². The molecule has 53 heavy (non-hydrogen) atoms. The molecule has 0 amide bonds. The van der Waals surface area contributed by atoms with Crippen LogP contribution in [0.3, 0.4) is 0 Å². The SMILES string of the molecule is c1ccc(-c2cc(-n3c4ccc5c(c4c4c6ccccc6ccc43)Oc3ccccc3C53c4ccccc4-c4ccccc43)nc3ccccc23)cc1. The van der Waals surface area contributed by atoms with Crippen LogP contribution in [0, 0.1) is 0 Å². The van der Waals surface area contributed by atoms with Gasteiger partial charge in [0.1, 0.15) is 17.3 Å². The second kappa shape index (κ2) is 10.5. The summed E-state index contributed by atoms with van der Waals surface area (Å²) in [4.78, 5) is 5.38. The van der Waals surface area contributed by atoms with Gasteiger partial charge >= 0.3 is 0 Å². The molecule has 0 radical (unpaired) electrons. The van der Waals surface area contributed by atoms with E-state index < -0.39 is 5.41 Å². The average Bonchev–Trinajstić information content (AvgIpc) is 3.73. The summed E-state index contributed by atoms with van der Waals surface area (Å²) in [6.45, 7) is 0. The topological polar surface area (TPSA) is 27.1 Å². The number of para-hydroxylation sites is 2. The monoisotopic (exact) mass is 674 g/mol. The highest BCUT2D eigenvalue weighted by atomic mass is 16.5. The maximum absolute atomic E-state index is 7.24. The zero-order chi connectivity index (χ0) is 34.7. The maximum Gasteiger partial charge on any atom is 0.142 e. The van der Waals surface area contributed by atoms with Gasteiger partial charge in [-0.25, -0.2) is 4.98 Å². The predicted octanol–water partition coefficient (Wildman–Crippen LogP) is 12.6. The minimum atomic E-state index is -0.549. The molecule has 1 spiro atoms. The molecule has 12 rings (SSSR count). The number of pyridine rings is 1. The molecule has 1 aliphatic heterocycles. The van der Waals surface area contributed by atoms with Crippen LogP contribution in [0.5, 0.6) is 11.5 Å². The summed E-state index contributed by atoms with van der Waals surface area (Å²) in [6, 6.07) is 65.7. The molecule has 2 aromatic heterocycles. The number of nitrogens with zero attached hydrogens (tertiary/aromatic N) is 2. The van der Waals surface area contributed by atoms with Crippen molar-refractivity contribution in [2.45, 2.75) is 5.41 Å². The molecule has 8 aromatic carbocycles. The minimum absolute atomic E-state index is 0.549. The van der Waals surface area contributed by atoms with Gasteiger partial charge in [-0.15, -0.1) is 0 Å². The molecule has 0 saturated heterocycles. The highest BCUT2D eigenvalue weighted by Crippen LogP contribution is 2.63. The summed E-state index contributed by atoms with van der Waals surface area (Å²) in [5.41, 5.74) is 12.3. The third kappa shape index (κ3) is 3.70. The first kappa shape index (κ1) is 28.7. The summed E-state index contributed by atoms with van der Waals surface area (Å²) in [5, 5.41) is 5.78. The van der Waals surface area contributed by atoms with Crippen molar-refractivity contribution in [2.75, 3.05) is 0 Å². The van der Waals surface area contributed by atoms with Crippen LogP contribution >= 0.6 is 0 Å². The number of fused-ring (bicyclic) bond motifs is 16. The van der Waals surface area contributed by atoms with E-state index in [1.165, 1.54) is 44.0 Å². The van der Waals surface area contributed by atoms with Crippen LogP contribution in [-0.2, 0) is 5.41 Å². The van der Waals surface area contributed by atoms with Crippen molar-refractivity contribution >= 4 is 43.5 Å². The lowest BCUT2D eigenvalue weighted by molar-refractivity contribution is 0.442. The van der Waals surface area contributed by atoms with Gasteiger partial charge in [0, 0.05) is 21.9 Å². The Hall–Kier alpha value is -6.97. The molecule has 2 aliphatic rings. The Kier molecular flexibility index (Phi) is 5.70. The van der Waals surface area contributed by atoms with Gasteiger partial charge in [0.05, 0.1) is 27.4 Å². The van der Waals surface area contributed by atoms with E-state index in [-0.39, 0.29) is 0 Å². The standard InChI is InChI=1S/C50H30N2O/c1-2-14-31(15-3-1)37-30-46(51-42-24-12-8-20-36(37)42)52-43-28-26-32-16-4-5-17-33(32)47(43)48-44(52)29-27-41-49(48)53-45-25-13-11-23-40(45)50(41)38-21-9-6-18-34(38)35-19-7-10-22-39(35)50/h1-30H. The third-order valence-electron chi connectivity index (χ3n) is 11.7. The Balaban J connectivity index is 1.26. The van der Waals surface area contributed by atoms with E-state index in [9.17, 15) is 0 Å². The number of rotatable bonds is 2. The van der Waals surface area contributed by atoms with Crippen molar-refractivity contribution in [3.8, 4) is 39.6 Å². The van der Waals surface area contributed by atoms with Crippen LogP contribution in [0.4, 0.5) is 0 Å². The van der Waals surface area contributed by atoms with Crippen LogP contribution < -0.4 is 4.74 Å². The lowest BCUT2D eigenvalue weighted by Crippen LogP contribution is -2.32. The zero-order valence-electron chi connectivity index (χ0n) is 28.6. The van der Waals surface area contributed by atoms with Crippen LogP contribution in [-0.4, -0.2) is 9.55 Å². The highest BCUT2D eigenvalue weighted by molar-refractivity contribution is 6.24. The van der Waals surface area contributed by atoms with Crippen molar-refractivity contribution in [1.29, 1.82) is 0 Å². The van der Waals surface area contributed by atoms with Crippen molar-refractivity contribution in [3.05, 3.63) is 204 Å². The molecular weight excluding hydrogens is 645 g/mol. The van der Waals surface area contributed by atoms with Gasteiger partial charge < -0.3 is 4.74 Å². The second-order valence-corrected chi connectivity index (χ2v) is 14.2. The molecule has 0 unspecified atom stereocenters. The molecule has 3 heterocycles. The van der Waals surface area contributed by atoms with Crippen molar-refractivity contribution in [2.24, 2.45) is 0 Å². The van der Waals surface area contributed by atoms with E-state index in [4.69, 9.17) is 9.72 Å². The van der Waals surface area contributed by atoms with E-state index in [0.29, 0.717) is 0 Å². The fourth-order valence-corrected chi connectivity index (χ4v) is 9.56. The summed E-state index contributed by atoms with van der Waals surface area (Å²) in [6.07, 6.45) is 0. The Bertz CT molecular complexity index is 3110. The Morgan fingerprint density at radius 2 is 1.08 bits per heavy atom. The highest BCUT2D eigenvalue weighted by Gasteiger charge is 2.51. The Morgan fingerprint density at radius 3 is 1.89 bits per heavy atom. The zero-order valence-corrected chi connectivity index (χ0v) is 28.6. The molecule has 1 aliphatic carbocycles. The molecule has 10 aromatic rings. The molecular formula is C50H30N2O. The van der Waals surface area contributed by atoms with E-state index in [2.05, 4.69) is 187 Å². The smallest absolute Gasteiger partial charge is 0.142 e.